The smallest absolute Gasteiger partial charge is 0.113 e. The van der Waals surface area contributed by atoms with Crippen molar-refractivity contribution in [2.75, 3.05) is 0 Å². The highest BCUT2D eigenvalue weighted by Crippen LogP contribution is 2.19. The van der Waals surface area contributed by atoms with Crippen molar-refractivity contribution < 1.29 is 0 Å². The van der Waals surface area contributed by atoms with Crippen molar-refractivity contribution in [3.63, 3.8) is 0 Å². The first-order chi connectivity index (χ1) is 8.88. The van der Waals surface area contributed by atoms with Crippen molar-refractivity contribution in [1.82, 2.24) is 15.0 Å². The molecule has 0 atom stereocenters. The van der Waals surface area contributed by atoms with Crippen LogP contribution in [0.3, 0.4) is 0 Å². The Morgan fingerprint density at radius 1 is 1.06 bits per heavy atom. The standard InChI is InChI=1S/C12H8N6/c13-16-14-9-5-7-10(8-6-9)18-12-4-2-1-3-11(12)15-17-18/h1-8H. The van der Waals surface area contributed by atoms with Crippen LogP contribution in [0.4, 0.5) is 5.69 Å². The second kappa shape index (κ2) is 4.20. The molecule has 0 fully saturated rings. The van der Waals surface area contributed by atoms with E-state index < -0.39 is 0 Å². The van der Waals surface area contributed by atoms with Gasteiger partial charge in [-0.05, 0) is 29.8 Å². The Balaban J connectivity index is 2.11. The molecule has 86 valence electrons. The molecular formula is C12H8N6. The number of rotatable bonds is 2. The quantitative estimate of drug-likeness (QED) is 0.388. The summed E-state index contributed by atoms with van der Waals surface area (Å²) in [7, 11) is 0. The van der Waals surface area contributed by atoms with Gasteiger partial charge < -0.3 is 0 Å². The molecule has 0 unspecified atom stereocenters. The van der Waals surface area contributed by atoms with Gasteiger partial charge in [-0.15, -0.1) is 5.10 Å². The van der Waals surface area contributed by atoms with Crippen molar-refractivity contribution in [2.24, 2.45) is 5.11 Å². The lowest BCUT2D eigenvalue weighted by Gasteiger charge is -2.01. The highest BCUT2D eigenvalue weighted by Gasteiger charge is 2.04. The SMILES string of the molecule is [N-]=[N+]=Nc1ccc(-n2nnc3ccccc32)cc1. The molecule has 0 N–H and O–H groups in total. The van der Waals surface area contributed by atoms with Crippen LogP contribution in [0.1, 0.15) is 0 Å². The molecule has 6 heteroatoms. The highest BCUT2D eigenvalue weighted by atomic mass is 15.4. The van der Waals surface area contributed by atoms with Crippen LogP contribution in [0.5, 0.6) is 0 Å². The van der Waals surface area contributed by atoms with Gasteiger partial charge in [-0.25, -0.2) is 4.68 Å². The number of hydrogen-bond acceptors (Lipinski definition) is 3. The molecule has 3 rings (SSSR count). The minimum atomic E-state index is 0.575. The van der Waals surface area contributed by atoms with Gasteiger partial charge in [-0.2, -0.15) is 0 Å². The summed E-state index contributed by atoms with van der Waals surface area (Å²) >= 11 is 0. The van der Waals surface area contributed by atoms with Crippen molar-refractivity contribution in [1.29, 1.82) is 0 Å². The minimum absolute atomic E-state index is 0.575. The lowest BCUT2D eigenvalue weighted by atomic mass is 10.2. The number of hydrogen-bond donors (Lipinski definition) is 0. The third-order valence-electron chi connectivity index (χ3n) is 2.61. The summed E-state index contributed by atoms with van der Waals surface area (Å²) in [5, 5.41) is 11.7. The Kier molecular flexibility index (Phi) is 2.40. The maximum Gasteiger partial charge on any atom is 0.113 e. The Hall–Kier alpha value is -2.85. The zero-order chi connectivity index (χ0) is 12.4. The molecule has 0 aliphatic carbocycles. The van der Waals surface area contributed by atoms with Crippen LogP contribution in [0.25, 0.3) is 27.2 Å². The average Bonchev–Trinajstić information content (AvgIpc) is 2.84. The van der Waals surface area contributed by atoms with Gasteiger partial charge in [-0.1, -0.05) is 34.6 Å². The average molecular weight is 236 g/mol. The van der Waals surface area contributed by atoms with Crippen LogP contribution >= 0.6 is 0 Å². The zero-order valence-electron chi connectivity index (χ0n) is 9.30. The molecule has 1 heterocycles. The minimum Gasteiger partial charge on any atom is -0.213 e. The lowest BCUT2D eigenvalue weighted by Crippen LogP contribution is -1.95. The topological polar surface area (TPSA) is 79.5 Å². The van der Waals surface area contributed by atoms with E-state index in [0.29, 0.717) is 5.69 Å². The van der Waals surface area contributed by atoms with E-state index in [2.05, 4.69) is 20.3 Å². The summed E-state index contributed by atoms with van der Waals surface area (Å²) in [5.74, 6) is 0. The van der Waals surface area contributed by atoms with Crippen molar-refractivity contribution in [3.05, 3.63) is 59.0 Å². The molecule has 1 aromatic heterocycles. The van der Waals surface area contributed by atoms with Gasteiger partial charge in [0.1, 0.15) is 5.52 Å². The molecule has 0 spiro atoms. The molecular weight excluding hydrogens is 228 g/mol. The number of nitrogens with zero attached hydrogens (tertiary/aromatic N) is 6. The second-order valence-electron chi connectivity index (χ2n) is 3.70. The van der Waals surface area contributed by atoms with Gasteiger partial charge >= 0.3 is 0 Å². The monoisotopic (exact) mass is 236 g/mol. The summed E-state index contributed by atoms with van der Waals surface area (Å²) < 4.78 is 1.75. The summed E-state index contributed by atoms with van der Waals surface area (Å²) in [6, 6.07) is 14.9. The Bertz CT molecular complexity index is 737. The summed E-state index contributed by atoms with van der Waals surface area (Å²) in [5.41, 5.74) is 11.6. The van der Waals surface area contributed by atoms with E-state index in [1.807, 2.05) is 36.4 Å². The highest BCUT2D eigenvalue weighted by molar-refractivity contribution is 5.75. The van der Waals surface area contributed by atoms with Crippen LogP contribution in [0.15, 0.2) is 53.6 Å². The number of azide groups is 1. The molecule has 0 saturated carbocycles. The fourth-order valence-electron chi connectivity index (χ4n) is 1.77. The van der Waals surface area contributed by atoms with Crippen LogP contribution in [-0.4, -0.2) is 15.0 Å². The maximum atomic E-state index is 8.35. The van der Waals surface area contributed by atoms with Crippen LogP contribution in [0.2, 0.25) is 0 Å². The Morgan fingerprint density at radius 2 is 1.83 bits per heavy atom. The summed E-state index contributed by atoms with van der Waals surface area (Å²) in [4.78, 5) is 2.74. The fraction of sp³-hybridized carbons (Fsp3) is 0. The number of para-hydroxylation sites is 1. The van der Waals surface area contributed by atoms with E-state index in [4.69, 9.17) is 5.53 Å². The first-order valence-electron chi connectivity index (χ1n) is 5.34. The van der Waals surface area contributed by atoms with Crippen molar-refractivity contribution >= 4 is 16.7 Å². The number of fused-ring (bicyclic) bond motifs is 1. The Labute approximate surface area is 102 Å². The summed E-state index contributed by atoms with van der Waals surface area (Å²) in [6.45, 7) is 0. The number of aromatic nitrogens is 3. The molecule has 2 aromatic carbocycles. The van der Waals surface area contributed by atoms with Crippen LogP contribution in [0, 0.1) is 0 Å². The first kappa shape index (κ1) is 10.3. The molecule has 0 bridgehead atoms. The van der Waals surface area contributed by atoms with Gasteiger partial charge in [0.05, 0.1) is 11.2 Å². The van der Waals surface area contributed by atoms with E-state index in [0.717, 1.165) is 16.7 Å². The molecule has 0 aliphatic heterocycles. The first-order valence-corrected chi connectivity index (χ1v) is 5.34. The van der Waals surface area contributed by atoms with Crippen LogP contribution < -0.4 is 0 Å². The van der Waals surface area contributed by atoms with Crippen LogP contribution in [-0.2, 0) is 0 Å². The van der Waals surface area contributed by atoms with Gasteiger partial charge in [0.2, 0.25) is 0 Å². The van der Waals surface area contributed by atoms with E-state index in [9.17, 15) is 0 Å². The molecule has 0 aliphatic rings. The van der Waals surface area contributed by atoms with E-state index >= 15 is 0 Å². The Morgan fingerprint density at radius 3 is 2.61 bits per heavy atom. The van der Waals surface area contributed by atoms with Crippen molar-refractivity contribution in [2.45, 2.75) is 0 Å². The lowest BCUT2D eigenvalue weighted by molar-refractivity contribution is 0.824. The van der Waals surface area contributed by atoms with Crippen molar-refractivity contribution in [3.8, 4) is 5.69 Å². The third kappa shape index (κ3) is 1.66. The largest absolute Gasteiger partial charge is 0.213 e. The molecule has 0 radical (unpaired) electrons. The van der Waals surface area contributed by atoms with E-state index in [-0.39, 0.29) is 0 Å². The van der Waals surface area contributed by atoms with Gasteiger partial charge in [0.15, 0.2) is 0 Å². The maximum absolute atomic E-state index is 8.35. The predicted octanol–water partition coefficient (Wildman–Crippen LogP) is 3.36. The normalized spacial score (nSPS) is 10.2. The van der Waals surface area contributed by atoms with E-state index in [1.165, 1.54) is 0 Å². The molecule has 0 amide bonds. The van der Waals surface area contributed by atoms with Gasteiger partial charge in [0.25, 0.3) is 0 Å². The summed E-state index contributed by atoms with van der Waals surface area (Å²) in [6.07, 6.45) is 0. The molecule has 3 aromatic rings. The third-order valence-corrected chi connectivity index (χ3v) is 2.61. The second-order valence-corrected chi connectivity index (χ2v) is 3.70. The predicted molar refractivity (Wildman–Crippen MR) is 67.7 cm³/mol. The van der Waals surface area contributed by atoms with E-state index in [1.54, 1.807) is 16.8 Å². The fourth-order valence-corrected chi connectivity index (χ4v) is 1.77. The molecule has 6 nitrogen and oxygen atoms in total. The molecule has 0 saturated heterocycles. The van der Waals surface area contributed by atoms with Gasteiger partial charge in [0, 0.05) is 10.6 Å². The number of benzene rings is 2. The zero-order valence-corrected chi connectivity index (χ0v) is 9.30. The van der Waals surface area contributed by atoms with Gasteiger partial charge in [-0.3, -0.25) is 0 Å². The molecule has 18 heavy (non-hydrogen) atoms.